The number of piperazine rings is 1. The summed E-state index contributed by atoms with van der Waals surface area (Å²) in [5.41, 5.74) is 4.64. The number of hydrogen-bond donors (Lipinski definition) is 2. The Kier molecular flexibility index (Phi) is 9.35. The summed E-state index contributed by atoms with van der Waals surface area (Å²) in [6.45, 7) is 9.49. The maximum Gasteiger partial charge on any atom is 0.247 e. The Bertz CT molecular complexity index is 1630. The fraction of sp³-hybridized carbons (Fsp3) is 0.457. The van der Waals surface area contributed by atoms with E-state index < -0.39 is 0 Å². The molecule has 4 aliphatic rings. The van der Waals surface area contributed by atoms with Crippen molar-refractivity contribution in [2.75, 3.05) is 92.6 Å². The fourth-order valence-electron chi connectivity index (χ4n) is 7.16. The van der Waals surface area contributed by atoms with E-state index in [2.05, 4.69) is 71.3 Å². The van der Waals surface area contributed by atoms with Crippen LogP contribution in [0.4, 0.5) is 34.4 Å². The number of anilines is 6. The molecule has 4 fully saturated rings. The largest absolute Gasteiger partial charge is 0.494 e. The average molecular weight is 656 g/mol. The molecule has 13 heteroatoms. The van der Waals surface area contributed by atoms with E-state index in [4.69, 9.17) is 14.3 Å². The van der Waals surface area contributed by atoms with Crippen molar-refractivity contribution >= 4 is 40.3 Å². The molecule has 13 nitrogen and oxygen atoms in total. The van der Waals surface area contributed by atoms with Gasteiger partial charge in [-0.25, -0.2) is 25.0 Å². The third kappa shape index (κ3) is 6.76. The molecule has 2 bridgehead atoms. The van der Waals surface area contributed by atoms with Gasteiger partial charge in [0, 0.05) is 64.6 Å². The minimum absolute atomic E-state index is 0.133. The van der Waals surface area contributed by atoms with Gasteiger partial charge in [0.25, 0.3) is 0 Å². The van der Waals surface area contributed by atoms with Crippen LogP contribution in [-0.2, 0) is 20.8 Å². The highest BCUT2D eigenvalue weighted by molar-refractivity contribution is 6.02. The highest BCUT2D eigenvalue weighted by Crippen LogP contribution is 2.40. The van der Waals surface area contributed by atoms with Crippen LogP contribution in [0.3, 0.4) is 0 Å². The van der Waals surface area contributed by atoms with E-state index in [1.165, 1.54) is 23.7 Å². The highest BCUT2D eigenvalue weighted by Gasteiger charge is 2.42. The number of ether oxygens (including phenoxy) is 2. The topological polar surface area (TPSA) is 111 Å². The van der Waals surface area contributed by atoms with Gasteiger partial charge in [-0.1, -0.05) is 18.7 Å². The van der Waals surface area contributed by atoms with E-state index in [0.717, 1.165) is 64.3 Å². The Balaban J connectivity index is 1.09. The van der Waals surface area contributed by atoms with Gasteiger partial charge in [-0.15, -0.1) is 0 Å². The second kappa shape index (κ2) is 14.0. The Morgan fingerprint density at radius 2 is 1.98 bits per heavy atom. The van der Waals surface area contributed by atoms with Crippen LogP contribution >= 0.6 is 0 Å². The van der Waals surface area contributed by atoms with E-state index in [1.807, 2.05) is 37.4 Å². The quantitative estimate of drug-likeness (QED) is 0.294. The molecule has 0 spiro atoms. The van der Waals surface area contributed by atoms with Gasteiger partial charge in [0.15, 0.2) is 5.82 Å². The second-order valence-corrected chi connectivity index (χ2v) is 12.9. The molecule has 0 radical (unpaired) electrons. The lowest BCUT2D eigenvalue weighted by atomic mass is 10.0. The molecule has 2 aromatic carbocycles. The van der Waals surface area contributed by atoms with E-state index in [-0.39, 0.29) is 11.9 Å². The lowest BCUT2D eigenvalue weighted by Crippen LogP contribution is -2.57. The lowest BCUT2D eigenvalue weighted by Gasteiger charge is -2.43. The molecule has 1 aromatic heterocycles. The molecule has 0 aliphatic carbocycles. The van der Waals surface area contributed by atoms with E-state index in [9.17, 15) is 4.79 Å². The molecule has 48 heavy (non-hydrogen) atoms. The van der Waals surface area contributed by atoms with Crippen molar-refractivity contribution in [1.29, 1.82) is 0 Å². The van der Waals surface area contributed by atoms with Gasteiger partial charge in [0.05, 0.1) is 55.6 Å². The fourth-order valence-corrected chi connectivity index (χ4v) is 7.16. The summed E-state index contributed by atoms with van der Waals surface area (Å²) in [5.74, 6) is 1.60. The van der Waals surface area contributed by atoms with E-state index >= 15 is 0 Å². The number of amides is 1. The number of morpholine rings is 1. The summed E-state index contributed by atoms with van der Waals surface area (Å²) in [6.07, 6.45) is 6.01. The highest BCUT2D eigenvalue weighted by atomic mass is 16.7. The monoisotopic (exact) mass is 655 g/mol. The van der Waals surface area contributed by atoms with Gasteiger partial charge in [-0.3, -0.25) is 9.63 Å². The van der Waals surface area contributed by atoms with Gasteiger partial charge in [0.2, 0.25) is 5.91 Å². The van der Waals surface area contributed by atoms with Crippen LogP contribution < -0.4 is 30.2 Å². The van der Waals surface area contributed by atoms with Gasteiger partial charge < -0.3 is 29.9 Å². The maximum atomic E-state index is 12.6. The average Bonchev–Trinajstić information content (AvgIpc) is 3.87. The number of nitrogens with one attached hydrogen (secondary N) is 2. The van der Waals surface area contributed by atoms with Crippen molar-refractivity contribution in [3.05, 3.63) is 67.0 Å². The summed E-state index contributed by atoms with van der Waals surface area (Å²) in [6, 6.07) is 14.9. The molecule has 7 rings (SSSR count). The standard InChI is InChI=1S/C35H45N9O4/c1-5-35(45)39-29-18-30(32(46-4)19-31(29)41-10-12-42(13-11-41)43-21-28-17-27(43)22-47-28)38-33-20-34(37-23-36-33)44-26(9-14-48-44)16-24-7-6-8-25(15-24)40(2)3/h5-8,15,18-20,23,26-28H,1,9-14,16-17,21-22H2,2-4H3,(H,39,45)(H,36,37,38)/t26-,27+,28+/m1/s1. The number of carbonyl (C=O) groups is 1. The first-order valence-corrected chi connectivity index (χ1v) is 16.7. The summed E-state index contributed by atoms with van der Waals surface area (Å²) in [7, 11) is 5.75. The molecule has 1 amide bonds. The number of rotatable bonds is 11. The molecule has 254 valence electrons. The smallest absolute Gasteiger partial charge is 0.247 e. The van der Waals surface area contributed by atoms with Crippen LogP contribution in [0.15, 0.2) is 61.4 Å². The first kappa shape index (κ1) is 32.1. The van der Waals surface area contributed by atoms with Crippen LogP contribution in [0.25, 0.3) is 0 Å². The second-order valence-electron chi connectivity index (χ2n) is 12.9. The number of nitrogens with zero attached hydrogens (tertiary/aromatic N) is 7. The molecular weight excluding hydrogens is 610 g/mol. The number of hydroxylamine groups is 1. The van der Waals surface area contributed by atoms with Crippen molar-refractivity contribution in [3.8, 4) is 5.75 Å². The van der Waals surface area contributed by atoms with Crippen molar-refractivity contribution in [1.82, 2.24) is 20.0 Å². The first-order valence-electron chi connectivity index (χ1n) is 16.7. The third-order valence-electron chi connectivity index (χ3n) is 9.65. The van der Waals surface area contributed by atoms with Gasteiger partial charge in [0.1, 0.15) is 17.9 Å². The zero-order valence-electron chi connectivity index (χ0n) is 28.0. The SMILES string of the molecule is C=CC(=O)Nc1cc(Nc2cc(N3OCC[C@@H]3Cc3cccc(N(C)C)c3)ncn2)c(OC)cc1N1CCN(N2C[C@@H]3C[C@H]2CO3)CC1. The molecule has 2 N–H and O–H groups in total. The van der Waals surface area contributed by atoms with Crippen LogP contribution in [0, 0.1) is 0 Å². The number of aromatic nitrogens is 2. The summed E-state index contributed by atoms with van der Waals surface area (Å²) < 4.78 is 11.7. The predicted molar refractivity (Wildman–Crippen MR) is 187 cm³/mol. The van der Waals surface area contributed by atoms with Crippen molar-refractivity contribution in [2.45, 2.75) is 37.5 Å². The zero-order chi connectivity index (χ0) is 33.2. The maximum absolute atomic E-state index is 12.6. The zero-order valence-corrected chi connectivity index (χ0v) is 28.0. The molecule has 0 saturated carbocycles. The van der Waals surface area contributed by atoms with Crippen LogP contribution in [-0.4, -0.2) is 111 Å². The van der Waals surface area contributed by atoms with E-state index in [0.29, 0.717) is 47.5 Å². The first-order chi connectivity index (χ1) is 23.4. The molecule has 4 aliphatic heterocycles. The van der Waals surface area contributed by atoms with E-state index in [1.54, 1.807) is 7.11 Å². The van der Waals surface area contributed by atoms with Crippen LogP contribution in [0.1, 0.15) is 18.4 Å². The normalized spacial score (nSPS) is 22.6. The predicted octanol–water partition coefficient (Wildman–Crippen LogP) is 3.68. The molecule has 0 unspecified atom stereocenters. The Morgan fingerprint density at radius 1 is 1.12 bits per heavy atom. The van der Waals surface area contributed by atoms with Gasteiger partial charge >= 0.3 is 0 Å². The minimum atomic E-state index is -0.281. The number of carbonyl (C=O) groups excluding carboxylic acids is 1. The minimum Gasteiger partial charge on any atom is -0.494 e. The van der Waals surface area contributed by atoms with Crippen LogP contribution in [0.5, 0.6) is 5.75 Å². The number of methoxy groups -OCH3 is 1. The number of hydrazine groups is 1. The van der Waals surface area contributed by atoms with Gasteiger partial charge in [-0.05, 0) is 49.1 Å². The number of fused-ring (bicyclic) bond motifs is 2. The van der Waals surface area contributed by atoms with Crippen molar-refractivity contribution in [2.24, 2.45) is 0 Å². The van der Waals surface area contributed by atoms with Crippen molar-refractivity contribution in [3.63, 3.8) is 0 Å². The Labute approximate surface area is 282 Å². The summed E-state index contributed by atoms with van der Waals surface area (Å²) in [5, 5.41) is 13.3. The molecule has 4 saturated heterocycles. The van der Waals surface area contributed by atoms with Crippen LogP contribution in [0.2, 0.25) is 0 Å². The Morgan fingerprint density at radius 3 is 2.71 bits per heavy atom. The molecule has 3 aromatic rings. The summed E-state index contributed by atoms with van der Waals surface area (Å²) >= 11 is 0. The molecular formula is C35H45N9O4. The number of hydrogen-bond acceptors (Lipinski definition) is 12. The molecule has 3 atom stereocenters. The van der Waals surface area contributed by atoms with Crippen molar-refractivity contribution < 1.29 is 19.1 Å². The number of benzene rings is 2. The summed E-state index contributed by atoms with van der Waals surface area (Å²) in [4.78, 5) is 32.1. The third-order valence-corrected chi connectivity index (χ3v) is 9.65. The molecule has 5 heterocycles. The Hall–Kier alpha value is -4.43. The lowest BCUT2D eigenvalue weighted by molar-refractivity contribution is -0.111. The van der Waals surface area contributed by atoms with Gasteiger partial charge in [-0.2, -0.15) is 0 Å².